The van der Waals surface area contributed by atoms with E-state index in [1.165, 1.54) is 39.5 Å². The predicted molar refractivity (Wildman–Crippen MR) is 120 cm³/mol. The maximum absolute atomic E-state index is 12.6. The molecule has 172 valence electrons. The van der Waals surface area contributed by atoms with Crippen LogP contribution < -0.4 is 15.7 Å². The molecule has 1 N–H and O–H groups in total. The first-order chi connectivity index (χ1) is 15.8. The summed E-state index contributed by atoms with van der Waals surface area (Å²) in [5, 5.41) is 3.35. The Morgan fingerprint density at radius 2 is 1.70 bits per heavy atom. The SMILES string of the molecule is COC(=O)c1ccc(C(=O)OC)c(NC(=O)CCc2c(C)c3ccc(OC)cc3oc2=O)c1. The summed E-state index contributed by atoms with van der Waals surface area (Å²) in [7, 11) is 3.95. The van der Waals surface area contributed by atoms with Crippen LogP contribution in [-0.2, 0) is 20.7 Å². The minimum absolute atomic E-state index is 0.0592. The average Bonchev–Trinajstić information content (AvgIpc) is 2.82. The lowest BCUT2D eigenvalue weighted by atomic mass is 10.0. The van der Waals surface area contributed by atoms with E-state index >= 15 is 0 Å². The molecule has 0 saturated carbocycles. The number of carbonyl (C=O) groups excluding carboxylic acids is 3. The number of hydrogen-bond acceptors (Lipinski definition) is 8. The molecule has 0 aliphatic carbocycles. The number of nitrogens with one attached hydrogen (secondary N) is 1. The number of ether oxygens (including phenoxy) is 3. The summed E-state index contributed by atoms with van der Waals surface area (Å²) < 4.78 is 20.0. The third-order valence-corrected chi connectivity index (χ3v) is 5.22. The fourth-order valence-corrected chi connectivity index (χ4v) is 3.42. The van der Waals surface area contributed by atoms with Crippen molar-refractivity contribution in [2.75, 3.05) is 26.6 Å². The van der Waals surface area contributed by atoms with Crippen molar-refractivity contribution in [1.29, 1.82) is 0 Å². The van der Waals surface area contributed by atoms with Gasteiger partial charge >= 0.3 is 17.6 Å². The highest BCUT2D eigenvalue weighted by Crippen LogP contribution is 2.25. The third-order valence-electron chi connectivity index (χ3n) is 5.22. The summed E-state index contributed by atoms with van der Waals surface area (Å²) in [6.07, 6.45) is 0.0581. The molecule has 0 unspecified atom stereocenters. The third kappa shape index (κ3) is 5.03. The number of fused-ring (bicyclic) bond motifs is 1. The zero-order valence-corrected chi connectivity index (χ0v) is 18.6. The Kier molecular flexibility index (Phi) is 7.12. The molecule has 9 nitrogen and oxygen atoms in total. The first-order valence-electron chi connectivity index (χ1n) is 10.00. The molecule has 0 atom stereocenters. The van der Waals surface area contributed by atoms with Crippen LogP contribution in [0, 0.1) is 6.92 Å². The molecule has 0 spiro atoms. The highest BCUT2D eigenvalue weighted by Gasteiger charge is 2.18. The van der Waals surface area contributed by atoms with Crippen LogP contribution >= 0.6 is 0 Å². The minimum atomic E-state index is -0.678. The number of methoxy groups -OCH3 is 3. The quantitative estimate of drug-likeness (QED) is 0.427. The Balaban J connectivity index is 1.83. The molecule has 3 aromatic rings. The molecule has 0 aliphatic heterocycles. The lowest BCUT2D eigenvalue weighted by Crippen LogP contribution is -2.19. The van der Waals surface area contributed by atoms with Crippen molar-refractivity contribution in [3.05, 3.63) is 69.1 Å². The van der Waals surface area contributed by atoms with Gasteiger partial charge in [-0.15, -0.1) is 0 Å². The minimum Gasteiger partial charge on any atom is -0.497 e. The first-order valence-corrected chi connectivity index (χ1v) is 10.00. The van der Waals surface area contributed by atoms with E-state index in [1.54, 1.807) is 25.1 Å². The van der Waals surface area contributed by atoms with Crippen LogP contribution in [0.3, 0.4) is 0 Å². The van der Waals surface area contributed by atoms with Crippen LogP contribution in [0.1, 0.15) is 38.3 Å². The Hall–Kier alpha value is -4.14. The van der Waals surface area contributed by atoms with Gasteiger partial charge in [0.15, 0.2) is 0 Å². The predicted octanol–water partition coefficient (Wildman–Crippen LogP) is 3.25. The summed E-state index contributed by atoms with van der Waals surface area (Å²) in [5.74, 6) is -1.20. The van der Waals surface area contributed by atoms with Gasteiger partial charge in [0.1, 0.15) is 11.3 Å². The van der Waals surface area contributed by atoms with Gasteiger partial charge in [-0.05, 0) is 49.2 Å². The van der Waals surface area contributed by atoms with E-state index in [0.29, 0.717) is 22.5 Å². The molecular formula is C24H23NO8. The van der Waals surface area contributed by atoms with Crippen molar-refractivity contribution in [2.24, 2.45) is 0 Å². The number of esters is 2. The molecule has 1 heterocycles. The highest BCUT2D eigenvalue weighted by atomic mass is 16.5. The van der Waals surface area contributed by atoms with Crippen molar-refractivity contribution in [3.8, 4) is 5.75 Å². The Labute approximate surface area is 189 Å². The number of benzene rings is 2. The van der Waals surface area contributed by atoms with Crippen LogP contribution in [0.25, 0.3) is 11.0 Å². The summed E-state index contributed by atoms with van der Waals surface area (Å²) >= 11 is 0. The van der Waals surface area contributed by atoms with Gasteiger partial charge in [0.05, 0.1) is 38.1 Å². The van der Waals surface area contributed by atoms with Crippen molar-refractivity contribution in [1.82, 2.24) is 0 Å². The van der Waals surface area contributed by atoms with Crippen molar-refractivity contribution in [2.45, 2.75) is 19.8 Å². The van der Waals surface area contributed by atoms with Gasteiger partial charge in [0, 0.05) is 23.4 Å². The summed E-state index contributed by atoms with van der Waals surface area (Å²) in [6, 6.07) is 9.27. The van der Waals surface area contributed by atoms with Crippen LogP contribution in [0.2, 0.25) is 0 Å². The second kappa shape index (κ2) is 9.99. The molecule has 0 saturated heterocycles. The molecule has 0 bridgehead atoms. The van der Waals surface area contributed by atoms with Gasteiger partial charge in [-0.3, -0.25) is 4.79 Å². The van der Waals surface area contributed by atoms with Gasteiger partial charge in [0.2, 0.25) is 5.91 Å². The lowest BCUT2D eigenvalue weighted by Gasteiger charge is -2.12. The molecule has 1 amide bonds. The van der Waals surface area contributed by atoms with E-state index in [0.717, 1.165) is 5.39 Å². The zero-order chi connectivity index (χ0) is 24.1. The van der Waals surface area contributed by atoms with Gasteiger partial charge in [-0.25, -0.2) is 14.4 Å². The second-order valence-electron chi connectivity index (χ2n) is 7.15. The molecule has 1 aromatic heterocycles. The summed E-state index contributed by atoms with van der Waals surface area (Å²) in [6.45, 7) is 1.79. The number of rotatable bonds is 7. The Bertz CT molecular complexity index is 1290. The summed E-state index contributed by atoms with van der Waals surface area (Å²) in [4.78, 5) is 49.0. The molecule has 0 radical (unpaired) electrons. The molecular weight excluding hydrogens is 430 g/mol. The van der Waals surface area contributed by atoms with E-state index in [9.17, 15) is 19.2 Å². The molecule has 33 heavy (non-hydrogen) atoms. The van der Waals surface area contributed by atoms with Crippen LogP contribution in [0.4, 0.5) is 5.69 Å². The lowest BCUT2D eigenvalue weighted by molar-refractivity contribution is -0.116. The number of hydrogen-bond donors (Lipinski definition) is 1. The van der Waals surface area contributed by atoms with E-state index in [1.807, 2.05) is 0 Å². The number of carbonyl (C=O) groups is 3. The fourth-order valence-electron chi connectivity index (χ4n) is 3.42. The largest absolute Gasteiger partial charge is 0.497 e. The Morgan fingerprint density at radius 1 is 0.970 bits per heavy atom. The maximum atomic E-state index is 12.6. The van der Waals surface area contributed by atoms with Crippen molar-refractivity contribution >= 4 is 34.5 Å². The number of amides is 1. The van der Waals surface area contributed by atoms with Gasteiger partial charge in [-0.2, -0.15) is 0 Å². The van der Waals surface area contributed by atoms with Crippen LogP contribution in [-0.4, -0.2) is 39.2 Å². The van der Waals surface area contributed by atoms with Crippen molar-refractivity contribution in [3.63, 3.8) is 0 Å². The number of aryl methyl sites for hydroxylation is 1. The molecule has 3 rings (SSSR count). The molecule has 2 aromatic carbocycles. The molecule has 0 aliphatic rings. The van der Waals surface area contributed by atoms with Crippen molar-refractivity contribution < 1.29 is 33.0 Å². The normalized spacial score (nSPS) is 10.5. The van der Waals surface area contributed by atoms with E-state index in [4.69, 9.17) is 13.9 Å². The first kappa shape index (κ1) is 23.5. The van der Waals surface area contributed by atoms with E-state index < -0.39 is 23.5 Å². The van der Waals surface area contributed by atoms with Gasteiger partial charge in [0.25, 0.3) is 0 Å². The summed E-state index contributed by atoms with van der Waals surface area (Å²) in [5.41, 5.74) is 1.27. The molecule has 0 fully saturated rings. The Morgan fingerprint density at radius 3 is 2.36 bits per heavy atom. The maximum Gasteiger partial charge on any atom is 0.339 e. The van der Waals surface area contributed by atoms with Gasteiger partial charge in [-0.1, -0.05) is 0 Å². The van der Waals surface area contributed by atoms with E-state index in [2.05, 4.69) is 10.1 Å². The highest BCUT2D eigenvalue weighted by molar-refractivity contribution is 6.03. The average molecular weight is 453 g/mol. The van der Waals surface area contributed by atoms with Crippen LogP contribution in [0.5, 0.6) is 5.75 Å². The topological polar surface area (TPSA) is 121 Å². The fraction of sp³-hybridized carbons (Fsp3) is 0.250. The van der Waals surface area contributed by atoms with Crippen LogP contribution in [0.15, 0.2) is 45.6 Å². The van der Waals surface area contributed by atoms with Gasteiger partial charge < -0.3 is 23.9 Å². The molecule has 9 heteroatoms. The number of anilines is 1. The monoisotopic (exact) mass is 453 g/mol. The standard InChI is InChI=1S/C24H23NO8/c1-13-16-8-6-15(30-2)12-20(16)33-24(29)17(13)9-10-21(26)25-19-11-14(22(27)31-3)5-7-18(19)23(28)32-4/h5-8,11-12H,9-10H2,1-4H3,(H,25,26). The second-order valence-corrected chi connectivity index (χ2v) is 7.15. The zero-order valence-electron chi connectivity index (χ0n) is 18.6. The smallest absolute Gasteiger partial charge is 0.339 e. The van der Waals surface area contributed by atoms with E-state index in [-0.39, 0.29) is 29.7 Å².